The van der Waals surface area contributed by atoms with E-state index in [0.29, 0.717) is 6.42 Å². The Morgan fingerprint density at radius 1 is 1.44 bits per heavy atom. The van der Waals surface area contributed by atoms with E-state index in [1.165, 1.54) is 8.61 Å². The molecule has 1 aliphatic heterocycles. The summed E-state index contributed by atoms with van der Waals surface area (Å²) in [7, 11) is -1.82. The molecule has 0 spiro atoms. The fourth-order valence-electron chi connectivity index (χ4n) is 1.85. The Hall–Kier alpha value is -0.170. The highest BCUT2D eigenvalue weighted by molar-refractivity contribution is 7.86. The van der Waals surface area contributed by atoms with Crippen molar-refractivity contribution in [3.63, 3.8) is 0 Å². The fraction of sp³-hybridized carbons (Fsp3) is 1.00. The van der Waals surface area contributed by atoms with Crippen LogP contribution in [-0.4, -0.2) is 53.9 Å². The van der Waals surface area contributed by atoms with Gasteiger partial charge in [-0.3, -0.25) is 0 Å². The molecular weight excluding hydrogens is 228 g/mol. The number of hydrogen-bond donors (Lipinski definition) is 1. The van der Waals surface area contributed by atoms with Crippen LogP contribution >= 0.6 is 0 Å². The van der Waals surface area contributed by atoms with E-state index in [0.717, 1.165) is 6.42 Å². The number of nitrogens with zero attached hydrogens (tertiary/aromatic N) is 2. The van der Waals surface area contributed by atoms with Gasteiger partial charge in [-0.15, -0.1) is 0 Å². The van der Waals surface area contributed by atoms with Crippen LogP contribution in [0.25, 0.3) is 0 Å². The molecule has 1 aliphatic rings. The average Bonchev–Trinajstić information content (AvgIpc) is 2.12. The second-order valence-electron chi connectivity index (χ2n) is 4.86. The molecule has 16 heavy (non-hydrogen) atoms. The summed E-state index contributed by atoms with van der Waals surface area (Å²) in [5.74, 6) is 0. The van der Waals surface area contributed by atoms with Crippen molar-refractivity contribution in [1.82, 2.24) is 8.61 Å². The Bertz CT molecular complexity index is 334. The summed E-state index contributed by atoms with van der Waals surface area (Å²) in [5.41, 5.74) is -0.806. The molecule has 5 nitrogen and oxygen atoms in total. The highest BCUT2D eigenvalue weighted by Gasteiger charge is 2.47. The Morgan fingerprint density at radius 3 is 2.31 bits per heavy atom. The topological polar surface area (TPSA) is 60.9 Å². The van der Waals surface area contributed by atoms with E-state index < -0.39 is 15.8 Å². The zero-order valence-electron chi connectivity index (χ0n) is 10.5. The standard InChI is InChI=1S/C10H22N2O3S/c1-5-6-10(13)7-12(8-10)16(14,15)11(4)9(2)3/h9,13H,5-8H2,1-4H3. The van der Waals surface area contributed by atoms with Gasteiger partial charge in [-0.05, 0) is 20.3 Å². The summed E-state index contributed by atoms with van der Waals surface area (Å²) >= 11 is 0. The Labute approximate surface area is 98.2 Å². The third kappa shape index (κ3) is 2.56. The van der Waals surface area contributed by atoms with Gasteiger partial charge >= 0.3 is 0 Å². The van der Waals surface area contributed by atoms with Crippen LogP contribution in [0.15, 0.2) is 0 Å². The van der Waals surface area contributed by atoms with Crippen molar-refractivity contribution >= 4 is 10.2 Å². The lowest BCUT2D eigenvalue weighted by Crippen LogP contribution is -2.65. The van der Waals surface area contributed by atoms with E-state index in [1.54, 1.807) is 7.05 Å². The molecule has 0 amide bonds. The average molecular weight is 250 g/mol. The number of β-amino-alcohol motifs (C(OH)–C–C–N with tert-alkyl or cyclic N) is 1. The van der Waals surface area contributed by atoms with Crippen LogP contribution in [0.4, 0.5) is 0 Å². The molecule has 0 aromatic carbocycles. The van der Waals surface area contributed by atoms with Crippen LogP contribution in [0.1, 0.15) is 33.6 Å². The fourth-order valence-corrected chi connectivity index (χ4v) is 3.55. The van der Waals surface area contributed by atoms with Crippen molar-refractivity contribution < 1.29 is 13.5 Å². The Morgan fingerprint density at radius 2 is 1.94 bits per heavy atom. The summed E-state index contributed by atoms with van der Waals surface area (Å²) < 4.78 is 26.6. The first kappa shape index (κ1) is 13.9. The minimum atomic E-state index is -3.38. The van der Waals surface area contributed by atoms with Gasteiger partial charge < -0.3 is 5.11 Å². The summed E-state index contributed by atoms with van der Waals surface area (Å²) in [6, 6.07) is -0.0649. The Balaban J connectivity index is 2.63. The van der Waals surface area contributed by atoms with Gasteiger partial charge in [-0.25, -0.2) is 0 Å². The lowest BCUT2D eigenvalue weighted by atomic mass is 9.92. The molecule has 0 aromatic rings. The molecule has 0 bridgehead atoms. The maximum atomic E-state index is 12.0. The summed E-state index contributed by atoms with van der Waals surface area (Å²) in [5, 5.41) is 9.94. The van der Waals surface area contributed by atoms with E-state index in [1.807, 2.05) is 20.8 Å². The molecule has 1 heterocycles. The van der Waals surface area contributed by atoms with Crippen molar-refractivity contribution in [1.29, 1.82) is 0 Å². The van der Waals surface area contributed by atoms with Crippen molar-refractivity contribution in [2.24, 2.45) is 0 Å². The third-order valence-corrected chi connectivity index (χ3v) is 5.13. The molecule has 0 radical (unpaired) electrons. The molecule has 0 aliphatic carbocycles. The van der Waals surface area contributed by atoms with Crippen LogP contribution < -0.4 is 0 Å². The van der Waals surface area contributed by atoms with Crippen LogP contribution in [0, 0.1) is 0 Å². The molecule has 1 fully saturated rings. The summed E-state index contributed by atoms with van der Waals surface area (Å²) in [6.45, 7) is 6.08. The van der Waals surface area contributed by atoms with E-state index >= 15 is 0 Å². The van der Waals surface area contributed by atoms with Gasteiger partial charge in [0.25, 0.3) is 10.2 Å². The predicted molar refractivity (Wildman–Crippen MR) is 63.2 cm³/mol. The van der Waals surface area contributed by atoms with Gasteiger partial charge in [0.1, 0.15) is 0 Å². The van der Waals surface area contributed by atoms with Crippen LogP contribution in [0.5, 0.6) is 0 Å². The molecule has 1 N–H and O–H groups in total. The van der Waals surface area contributed by atoms with Crippen molar-refractivity contribution in [3.05, 3.63) is 0 Å². The quantitative estimate of drug-likeness (QED) is 0.769. The first-order valence-corrected chi connectivity index (χ1v) is 7.08. The first-order chi connectivity index (χ1) is 7.23. The van der Waals surface area contributed by atoms with Gasteiger partial charge in [0, 0.05) is 26.2 Å². The molecule has 0 atom stereocenters. The van der Waals surface area contributed by atoms with Crippen LogP contribution in [0.3, 0.4) is 0 Å². The van der Waals surface area contributed by atoms with Crippen molar-refractivity contribution in [2.45, 2.75) is 45.3 Å². The number of hydrogen-bond acceptors (Lipinski definition) is 3. The van der Waals surface area contributed by atoms with Crippen molar-refractivity contribution in [3.8, 4) is 0 Å². The van der Waals surface area contributed by atoms with Crippen LogP contribution in [-0.2, 0) is 10.2 Å². The first-order valence-electron chi connectivity index (χ1n) is 5.68. The summed E-state index contributed by atoms with van der Waals surface area (Å²) in [6.07, 6.45) is 1.52. The zero-order chi connectivity index (χ0) is 12.6. The smallest absolute Gasteiger partial charge is 0.282 e. The third-order valence-electron chi connectivity index (χ3n) is 3.07. The molecule has 1 rings (SSSR count). The molecular formula is C10H22N2O3S. The lowest BCUT2D eigenvalue weighted by Gasteiger charge is -2.46. The van der Waals surface area contributed by atoms with Gasteiger partial charge in [-0.2, -0.15) is 17.0 Å². The van der Waals surface area contributed by atoms with E-state index in [4.69, 9.17) is 0 Å². The van der Waals surface area contributed by atoms with E-state index in [-0.39, 0.29) is 19.1 Å². The molecule has 96 valence electrons. The normalized spacial score (nSPS) is 21.4. The minimum Gasteiger partial charge on any atom is -0.387 e. The maximum absolute atomic E-state index is 12.0. The second-order valence-corrected chi connectivity index (χ2v) is 6.85. The van der Waals surface area contributed by atoms with Gasteiger partial charge in [-0.1, -0.05) is 13.3 Å². The van der Waals surface area contributed by atoms with E-state index in [9.17, 15) is 13.5 Å². The van der Waals surface area contributed by atoms with Gasteiger partial charge in [0.15, 0.2) is 0 Å². The molecule has 1 saturated heterocycles. The molecule has 0 saturated carbocycles. The molecule has 0 aromatic heterocycles. The highest BCUT2D eigenvalue weighted by Crippen LogP contribution is 2.29. The van der Waals surface area contributed by atoms with E-state index in [2.05, 4.69) is 0 Å². The number of aliphatic hydroxyl groups is 1. The lowest BCUT2D eigenvalue weighted by molar-refractivity contribution is -0.0674. The number of rotatable bonds is 5. The predicted octanol–water partition coefficient (Wildman–Crippen LogP) is 0.418. The minimum absolute atomic E-state index is 0.0649. The van der Waals surface area contributed by atoms with Gasteiger partial charge in [0.2, 0.25) is 0 Å². The van der Waals surface area contributed by atoms with Gasteiger partial charge in [0.05, 0.1) is 5.60 Å². The SMILES string of the molecule is CCCC1(O)CN(S(=O)(=O)N(C)C(C)C)C1. The van der Waals surface area contributed by atoms with Crippen LogP contribution in [0.2, 0.25) is 0 Å². The maximum Gasteiger partial charge on any atom is 0.282 e. The monoisotopic (exact) mass is 250 g/mol. The summed E-state index contributed by atoms with van der Waals surface area (Å²) in [4.78, 5) is 0. The molecule has 0 unspecified atom stereocenters. The highest BCUT2D eigenvalue weighted by atomic mass is 32.2. The zero-order valence-corrected chi connectivity index (χ0v) is 11.3. The Kier molecular flexibility index (Phi) is 3.99. The second kappa shape index (κ2) is 4.60. The largest absolute Gasteiger partial charge is 0.387 e. The van der Waals surface area contributed by atoms with Crippen molar-refractivity contribution in [2.75, 3.05) is 20.1 Å². The molecule has 6 heteroatoms.